The molecule has 0 aliphatic carbocycles. The monoisotopic (exact) mass is 324 g/mol. The first-order valence-electron chi connectivity index (χ1n) is 6.16. The second kappa shape index (κ2) is 6.24. The van der Waals surface area contributed by atoms with E-state index < -0.39 is 0 Å². The van der Waals surface area contributed by atoms with Crippen molar-refractivity contribution in [1.29, 1.82) is 0 Å². The minimum atomic E-state index is -0.331. The van der Waals surface area contributed by atoms with Gasteiger partial charge in [-0.3, -0.25) is 4.79 Å². The quantitative estimate of drug-likeness (QED) is 0.848. The maximum absolute atomic E-state index is 12.3. The fourth-order valence-electron chi connectivity index (χ4n) is 1.93. The zero-order valence-electron chi connectivity index (χ0n) is 11.3. The summed E-state index contributed by atoms with van der Waals surface area (Å²) in [6.07, 6.45) is 0. The predicted molar refractivity (Wildman–Crippen MR) is 84.8 cm³/mol. The first-order valence-corrected chi connectivity index (χ1v) is 6.92. The van der Waals surface area contributed by atoms with Crippen molar-refractivity contribution in [2.24, 2.45) is 0 Å². The molecule has 0 atom stereocenters. The van der Waals surface area contributed by atoms with Gasteiger partial charge in [-0.05, 0) is 42.0 Å². The normalized spacial score (nSPS) is 10.4. The summed E-state index contributed by atoms with van der Waals surface area (Å²) in [7, 11) is 1.62. The smallest absolute Gasteiger partial charge is 0.257 e. The lowest BCUT2D eigenvalue weighted by molar-refractivity contribution is 0.0782. The Morgan fingerprint density at radius 3 is 2.62 bits per heavy atom. The van der Waals surface area contributed by atoms with Crippen molar-refractivity contribution in [2.75, 3.05) is 12.8 Å². The van der Waals surface area contributed by atoms with Gasteiger partial charge in [0.1, 0.15) is 5.75 Å². The van der Waals surface area contributed by atoms with Gasteiger partial charge >= 0.3 is 0 Å². The molecule has 0 aromatic heterocycles. The highest BCUT2D eigenvalue weighted by molar-refractivity contribution is 6.31. The number of hydrogen-bond donors (Lipinski definition) is 2. The zero-order valence-corrected chi connectivity index (χ0v) is 12.8. The van der Waals surface area contributed by atoms with E-state index in [1.54, 1.807) is 31.3 Å². The maximum atomic E-state index is 12.3. The van der Waals surface area contributed by atoms with Crippen molar-refractivity contribution in [3.05, 3.63) is 57.6 Å². The number of aromatic hydroxyl groups is 1. The van der Waals surface area contributed by atoms with Gasteiger partial charge in [-0.2, -0.15) is 0 Å². The maximum Gasteiger partial charge on any atom is 0.257 e. The lowest BCUT2D eigenvalue weighted by Crippen LogP contribution is -2.26. The van der Waals surface area contributed by atoms with Crippen molar-refractivity contribution in [3.8, 4) is 5.75 Å². The highest BCUT2D eigenvalue weighted by atomic mass is 35.5. The Labute approximate surface area is 132 Å². The highest BCUT2D eigenvalue weighted by Gasteiger charge is 2.17. The summed E-state index contributed by atoms with van der Waals surface area (Å²) in [5, 5.41) is 10.7. The molecule has 0 radical (unpaired) electrons. The number of amides is 1. The molecule has 0 aliphatic heterocycles. The average molecular weight is 325 g/mol. The van der Waals surface area contributed by atoms with Gasteiger partial charge in [-0.1, -0.05) is 23.2 Å². The molecule has 0 bridgehead atoms. The Hall–Kier alpha value is -1.91. The van der Waals surface area contributed by atoms with Crippen molar-refractivity contribution in [2.45, 2.75) is 6.54 Å². The lowest BCUT2D eigenvalue weighted by atomic mass is 10.1. The molecule has 2 rings (SSSR count). The van der Waals surface area contributed by atoms with Gasteiger partial charge in [0.25, 0.3) is 5.91 Å². The second-order valence-electron chi connectivity index (χ2n) is 4.67. The molecule has 6 heteroatoms. The van der Waals surface area contributed by atoms with Gasteiger partial charge in [0.05, 0.1) is 5.56 Å². The topological polar surface area (TPSA) is 66.6 Å². The van der Waals surface area contributed by atoms with E-state index in [0.717, 1.165) is 5.56 Å². The molecule has 0 aliphatic rings. The number of nitrogens with two attached hydrogens (primary N) is 1. The van der Waals surface area contributed by atoms with E-state index in [-0.39, 0.29) is 23.8 Å². The van der Waals surface area contributed by atoms with Gasteiger partial charge in [-0.15, -0.1) is 0 Å². The Morgan fingerprint density at radius 1 is 1.24 bits per heavy atom. The number of carbonyl (C=O) groups excluding carboxylic acids is 1. The van der Waals surface area contributed by atoms with Crippen LogP contribution in [-0.4, -0.2) is 23.0 Å². The van der Waals surface area contributed by atoms with Crippen LogP contribution >= 0.6 is 23.2 Å². The molecule has 0 fully saturated rings. The number of benzene rings is 2. The first-order chi connectivity index (χ1) is 9.88. The number of hydrogen-bond acceptors (Lipinski definition) is 3. The van der Waals surface area contributed by atoms with E-state index in [4.69, 9.17) is 28.9 Å². The summed E-state index contributed by atoms with van der Waals surface area (Å²) < 4.78 is 0. The summed E-state index contributed by atoms with van der Waals surface area (Å²) in [4.78, 5) is 13.8. The highest BCUT2D eigenvalue weighted by Crippen LogP contribution is 2.25. The van der Waals surface area contributed by atoms with Gasteiger partial charge in [0, 0.05) is 29.3 Å². The molecule has 0 saturated carbocycles. The van der Waals surface area contributed by atoms with Crippen LogP contribution in [-0.2, 0) is 6.54 Å². The van der Waals surface area contributed by atoms with Crippen molar-refractivity contribution >= 4 is 34.8 Å². The third kappa shape index (κ3) is 3.60. The summed E-state index contributed by atoms with van der Waals surface area (Å²) in [5.74, 6) is -0.485. The summed E-state index contributed by atoms with van der Waals surface area (Å²) in [6.45, 7) is 0.283. The van der Waals surface area contributed by atoms with Crippen LogP contribution in [0.25, 0.3) is 0 Å². The third-order valence-electron chi connectivity index (χ3n) is 3.01. The third-order valence-corrected chi connectivity index (χ3v) is 3.62. The van der Waals surface area contributed by atoms with Gasteiger partial charge in [0.15, 0.2) is 0 Å². The lowest BCUT2D eigenvalue weighted by Gasteiger charge is -2.19. The minimum Gasteiger partial charge on any atom is -0.507 e. The SMILES string of the molecule is CN(Cc1cc(N)ccc1Cl)C(=O)c1ccc(Cl)cc1O. The fourth-order valence-corrected chi connectivity index (χ4v) is 2.28. The van der Waals surface area contributed by atoms with Crippen molar-refractivity contribution in [1.82, 2.24) is 4.90 Å². The molecule has 0 heterocycles. The standard InChI is InChI=1S/C15H14Cl2N2O2/c1-19(8-9-6-11(18)3-5-13(9)17)15(21)12-4-2-10(16)7-14(12)20/h2-7,20H,8,18H2,1H3. The molecular formula is C15H14Cl2N2O2. The van der Waals surface area contributed by atoms with E-state index in [0.29, 0.717) is 15.7 Å². The Kier molecular flexibility index (Phi) is 4.60. The van der Waals surface area contributed by atoms with Gasteiger partial charge in [-0.25, -0.2) is 0 Å². The van der Waals surface area contributed by atoms with Crippen molar-refractivity contribution in [3.63, 3.8) is 0 Å². The average Bonchev–Trinajstić information content (AvgIpc) is 2.42. The number of halogens is 2. The number of phenolic OH excluding ortho intramolecular Hbond substituents is 1. The molecule has 0 unspecified atom stereocenters. The zero-order chi connectivity index (χ0) is 15.6. The number of phenols is 1. The Morgan fingerprint density at radius 2 is 1.95 bits per heavy atom. The Bertz CT molecular complexity index is 689. The molecule has 0 spiro atoms. The number of nitrogen functional groups attached to an aromatic ring is 1. The van der Waals surface area contributed by atoms with Crippen LogP contribution in [0, 0.1) is 0 Å². The van der Waals surface area contributed by atoms with Crippen LogP contribution in [0.5, 0.6) is 5.75 Å². The van der Waals surface area contributed by atoms with E-state index in [1.807, 2.05) is 0 Å². The van der Waals surface area contributed by atoms with Gasteiger partial charge < -0.3 is 15.7 Å². The Balaban J connectivity index is 2.21. The van der Waals surface area contributed by atoms with Crippen LogP contribution in [0.2, 0.25) is 10.0 Å². The predicted octanol–water partition coefficient (Wildman–Crippen LogP) is 3.55. The number of nitrogens with zero attached hydrogens (tertiary/aromatic N) is 1. The fraction of sp³-hybridized carbons (Fsp3) is 0.133. The van der Waals surface area contributed by atoms with Crippen molar-refractivity contribution < 1.29 is 9.90 Å². The molecule has 4 nitrogen and oxygen atoms in total. The minimum absolute atomic E-state index is 0.155. The first kappa shape index (κ1) is 15.5. The number of carbonyl (C=O) groups is 1. The number of anilines is 1. The van der Waals surface area contributed by atoms with E-state index in [2.05, 4.69) is 0 Å². The molecule has 1 amide bonds. The molecule has 2 aromatic rings. The van der Waals surface area contributed by atoms with E-state index >= 15 is 0 Å². The molecular weight excluding hydrogens is 311 g/mol. The van der Waals surface area contributed by atoms with Crippen LogP contribution in [0.4, 0.5) is 5.69 Å². The second-order valence-corrected chi connectivity index (χ2v) is 5.52. The summed E-state index contributed by atoms with van der Waals surface area (Å²) >= 11 is 11.8. The molecule has 110 valence electrons. The number of rotatable bonds is 3. The largest absolute Gasteiger partial charge is 0.507 e. The van der Waals surface area contributed by atoms with Gasteiger partial charge in [0.2, 0.25) is 0 Å². The van der Waals surface area contributed by atoms with Crippen LogP contribution < -0.4 is 5.73 Å². The summed E-state index contributed by atoms with van der Waals surface area (Å²) in [5.41, 5.74) is 7.21. The molecule has 2 aromatic carbocycles. The van der Waals surface area contributed by atoms with Crippen LogP contribution in [0.1, 0.15) is 15.9 Å². The van der Waals surface area contributed by atoms with Crippen LogP contribution in [0.3, 0.4) is 0 Å². The molecule has 0 saturated heterocycles. The van der Waals surface area contributed by atoms with E-state index in [9.17, 15) is 9.90 Å². The van der Waals surface area contributed by atoms with Crippen LogP contribution in [0.15, 0.2) is 36.4 Å². The molecule has 3 N–H and O–H groups in total. The van der Waals surface area contributed by atoms with E-state index in [1.165, 1.54) is 17.0 Å². The molecule has 21 heavy (non-hydrogen) atoms. The summed E-state index contributed by atoms with van der Waals surface area (Å²) in [6, 6.07) is 9.46.